The Kier molecular flexibility index (Phi) is 14.4. The molecule has 0 bridgehead atoms. The fourth-order valence-electron chi connectivity index (χ4n) is 2.97. The van der Waals surface area contributed by atoms with Crippen molar-refractivity contribution >= 4 is 30.7 Å². The highest BCUT2D eigenvalue weighted by molar-refractivity contribution is 5.85. The smallest absolute Gasteiger partial charge is 0.220 e. The largest absolute Gasteiger partial charge is 0.373 e. The van der Waals surface area contributed by atoms with E-state index >= 15 is 0 Å². The van der Waals surface area contributed by atoms with Crippen LogP contribution in [0.1, 0.15) is 59.8 Å². The molecule has 2 atom stereocenters. The van der Waals surface area contributed by atoms with Crippen LogP contribution < -0.4 is 11.1 Å². The Balaban J connectivity index is 0. The second-order valence-corrected chi connectivity index (χ2v) is 7.20. The molecular weight excluding hydrogens is 349 g/mol. The first kappa shape index (κ1) is 26.2. The van der Waals surface area contributed by atoms with Crippen LogP contribution >= 0.6 is 24.8 Å². The molecule has 1 amide bonds. The van der Waals surface area contributed by atoms with Gasteiger partial charge in [0.25, 0.3) is 0 Å². The van der Waals surface area contributed by atoms with E-state index in [1.807, 2.05) is 0 Å². The Labute approximate surface area is 160 Å². The number of carbonyl (C=O) groups is 1. The fraction of sp³-hybridized carbons (Fsp3) is 0.941. The SMILES string of the molecule is CC1CN(C(C)(C)CNC(=O)CCCCCCN)CC(C)O1.Cl.Cl. The van der Waals surface area contributed by atoms with Gasteiger partial charge in [-0.05, 0) is 47.1 Å². The summed E-state index contributed by atoms with van der Waals surface area (Å²) in [5, 5.41) is 3.09. The predicted molar refractivity (Wildman–Crippen MR) is 105 cm³/mol. The number of unbranched alkanes of at least 4 members (excludes halogenated alkanes) is 3. The number of carbonyl (C=O) groups excluding carboxylic acids is 1. The summed E-state index contributed by atoms with van der Waals surface area (Å²) in [5.41, 5.74) is 5.42. The number of ether oxygens (including phenoxy) is 1. The number of hydrogen-bond donors (Lipinski definition) is 2. The van der Waals surface area contributed by atoms with Crippen molar-refractivity contribution in [3.8, 4) is 0 Å². The van der Waals surface area contributed by atoms with E-state index in [1.54, 1.807) is 0 Å². The molecule has 146 valence electrons. The standard InChI is InChI=1S/C17H35N3O2.2ClH/c1-14-11-20(12-15(2)22-14)17(3,4)13-19-16(21)9-7-5-6-8-10-18;;/h14-15H,5-13,18H2,1-4H3,(H,19,21);2*1H. The van der Waals surface area contributed by atoms with Crippen molar-refractivity contribution in [1.82, 2.24) is 10.2 Å². The average Bonchev–Trinajstić information content (AvgIpc) is 2.44. The van der Waals surface area contributed by atoms with Crippen LogP contribution in [0.15, 0.2) is 0 Å². The molecule has 0 aliphatic carbocycles. The summed E-state index contributed by atoms with van der Waals surface area (Å²) in [4.78, 5) is 14.4. The number of morpholine rings is 1. The molecule has 1 aliphatic rings. The molecule has 2 unspecified atom stereocenters. The third kappa shape index (κ3) is 10.0. The van der Waals surface area contributed by atoms with E-state index in [0.717, 1.165) is 45.3 Å². The summed E-state index contributed by atoms with van der Waals surface area (Å²) in [5.74, 6) is 0.162. The lowest BCUT2D eigenvalue weighted by Crippen LogP contribution is -2.58. The van der Waals surface area contributed by atoms with Crippen LogP contribution in [0.3, 0.4) is 0 Å². The van der Waals surface area contributed by atoms with Crippen molar-refractivity contribution in [1.29, 1.82) is 0 Å². The zero-order valence-corrected chi connectivity index (χ0v) is 17.3. The zero-order valence-electron chi connectivity index (χ0n) is 15.7. The minimum atomic E-state index is -0.0402. The Morgan fingerprint density at radius 1 is 1.12 bits per heavy atom. The maximum Gasteiger partial charge on any atom is 0.220 e. The summed E-state index contributed by atoms with van der Waals surface area (Å²) >= 11 is 0. The highest BCUT2D eigenvalue weighted by atomic mass is 35.5. The van der Waals surface area contributed by atoms with Crippen molar-refractivity contribution in [3.05, 3.63) is 0 Å². The Morgan fingerprint density at radius 2 is 1.67 bits per heavy atom. The molecule has 5 nitrogen and oxygen atoms in total. The highest BCUT2D eigenvalue weighted by Crippen LogP contribution is 2.20. The van der Waals surface area contributed by atoms with Gasteiger partial charge < -0.3 is 15.8 Å². The normalized spacial score (nSPS) is 21.5. The maximum absolute atomic E-state index is 12.0. The summed E-state index contributed by atoms with van der Waals surface area (Å²) in [6.07, 6.45) is 5.35. The van der Waals surface area contributed by atoms with Crippen LogP contribution in [0.2, 0.25) is 0 Å². The lowest BCUT2D eigenvalue weighted by Gasteiger charge is -2.45. The summed E-state index contributed by atoms with van der Waals surface area (Å²) < 4.78 is 5.78. The first-order valence-corrected chi connectivity index (χ1v) is 8.72. The Hall–Kier alpha value is -0.0700. The van der Waals surface area contributed by atoms with Gasteiger partial charge in [0.05, 0.1) is 12.2 Å². The molecule has 0 aromatic heterocycles. The Bertz CT molecular complexity index is 334. The topological polar surface area (TPSA) is 67.6 Å². The molecule has 0 spiro atoms. The van der Waals surface area contributed by atoms with Crippen LogP contribution in [0.25, 0.3) is 0 Å². The molecular formula is C17H37Cl2N3O2. The Morgan fingerprint density at radius 3 is 2.21 bits per heavy atom. The number of halogens is 2. The van der Waals surface area contributed by atoms with Gasteiger partial charge in [-0.3, -0.25) is 9.69 Å². The van der Waals surface area contributed by atoms with Crippen LogP contribution in [0.5, 0.6) is 0 Å². The van der Waals surface area contributed by atoms with Crippen molar-refractivity contribution in [3.63, 3.8) is 0 Å². The first-order chi connectivity index (χ1) is 10.3. The van der Waals surface area contributed by atoms with Gasteiger partial charge in [0.1, 0.15) is 0 Å². The average molecular weight is 386 g/mol. The van der Waals surface area contributed by atoms with Gasteiger partial charge in [-0.2, -0.15) is 0 Å². The number of hydrogen-bond acceptors (Lipinski definition) is 4. The minimum Gasteiger partial charge on any atom is -0.373 e. The van der Waals surface area contributed by atoms with E-state index in [-0.39, 0.29) is 48.5 Å². The molecule has 1 heterocycles. The van der Waals surface area contributed by atoms with E-state index in [2.05, 4.69) is 37.9 Å². The summed E-state index contributed by atoms with van der Waals surface area (Å²) in [6.45, 7) is 11.9. The molecule has 1 aliphatic heterocycles. The fourth-order valence-corrected chi connectivity index (χ4v) is 2.97. The molecule has 0 saturated carbocycles. The van der Waals surface area contributed by atoms with E-state index in [1.165, 1.54) is 0 Å². The van der Waals surface area contributed by atoms with Gasteiger partial charge in [0.15, 0.2) is 0 Å². The monoisotopic (exact) mass is 385 g/mol. The van der Waals surface area contributed by atoms with Gasteiger partial charge in [0.2, 0.25) is 5.91 Å². The number of nitrogens with zero attached hydrogens (tertiary/aromatic N) is 1. The second-order valence-electron chi connectivity index (χ2n) is 7.20. The van der Waals surface area contributed by atoms with Crippen molar-refractivity contribution in [2.45, 2.75) is 77.5 Å². The summed E-state index contributed by atoms with van der Waals surface area (Å²) in [7, 11) is 0. The first-order valence-electron chi connectivity index (χ1n) is 8.72. The van der Waals surface area contributed by atoms with E-state index < -0.39 is 0 Å². The van der Waals surface area contributed by atoms with Crippen molar-refractivity contribution < 1.29 is 9.53 Å². The van der Waals surface area contributed by atoms with Gasteiger partial charge >= 0.3 is 0 Å². The third-order valence-electron chi connectivity index (χ3n) is 4.35. The zero-order chi connectivity index (χ0) is 16.6. The molecule has 0 aromatic rings. The van der Waals surface area contributed by atoms with Crippen molar-refractivity contribution in [2.75, 3.05) is 26.2 Å². The van der Waals surface area contributed by atoms with Gasteiger partial charge in [-0.25, -0.2) is 0 Å². The number of nitrogens with two attached hydrogens (primary N) is 1. The lowest BCUT2D eigenvalue weighted by molar-refractivity contribution is -0.123. The number of nitrogens with one attached hydrogen (secondary N) is 1. The van der Waals surface area contributed by atoms with Gasteiger partial charge in [-0.1, -0.05) is 12.8 Å². The number of rotatable bonds is 9. The second kappa shape index (κ2) is 13.2. The molecule has 3 N–H and O–H groups in total. The van der Waals surface area contributed by atoms with E-state index in [0.29, 0.717) is 13.0 Å². The molecule has 24 heavy (non-hydrogen) atoms. The van der Waals surface area contributed by atoms with Crippen LogP contribution in [-0.4, -0.2) is 54.7 Å². The molecule has 0 aromatic carbocycles. The van der Waals surface area contributed by atoms with Gasteiger partial charge in [0, 0.05) is 31.6 Å². The molecule has 1 fully saturated rings. The van der Waals surface area contributed by atoms with Crippen LogP contribution in [-0.2, 0) is 9.53 Å². The van der Waals surface area contributed by atoms with E-state index in [4.69, 9.17) is 10.5 Å². The predicted octanol–water partition coefficient (Wildman–Crippen LogP) is 2.74. The van der Waals surface area contributed by atoms with E-state index in [9.17, 15) is 4.79 Å². The number of amides is 1. The third-order valence-corrected chi connectivity index (χ3v) is 4.35. The molecule has 7 heteroatoms. The summed E-state index contributed by atoms with van der Waals surface area (Å²) in [6, 6.07) is 0. The maximum atomic E-state index is 12.0. The molecule has 0 radical (unpaired) electrons. The molecule has 1 rings (SSSR count). The quantitative estimate of drug-likeness (QED) is 0.598. The highest BCUT2D eigenvalue weighted by Gasteiger charge is 2.33. The van der Waals surface area contributed by atoms with Gasteiger partial charge in [-0.15, -0.1) is 24.8 Å². The van der Waals surface area contributed by atoms with Crippen molar-refractivity contribution in [2.24, 2.45) is 5.73 Å². The lowest BCUT2D eigenvalue weighted by atomic mass is 10.00. The minimum absolute atomic E-state index is 0. The van der Waals surface area contributed by atoms with Crippen LogP contribution in [0, 0.1) is 0 Å². The molecule has 1 saturated heterocycles. The van der Waals surface area contributed by atoms with Crippen LogP contribution in [0.4, 0.5) is 0 Å².